The molecule has 1 aromatic heterocycles. The Labute approximate surface area is 141 Å². The molecule has 2 heterocycles. The fourth-order valence-corrected chi connectivity index (χ4v) is 4.53. The van der Waals surface area contributed by atoms with Crippen LogP contribution in [-0.4, -0.2) is 37.0 Å². The van der Waals surface area contributed by atoms with Crippen LogP contribution in [0.25, 0.3) is 0 Å². The number of amides is 1. The highest BCUT2D eigenvalue weighted by Crippen LogP contribution is 2.33. The number of carbonyl (C=O) groups is 1. The summed E-state index contributed by atoms with van der Waals surface area (Å²) in [4.78, 5) is 15.5. The standard InChI is InChI=1S/C14H20Br2N2OS/c1-2-7-18(9-10-3-5-17-6-4-10)14(19)12-8-11(15)13(16)20-12/h8,10,17H,2-7,9H2,1H3. The van der Waals surface area contributed by atoms with E-state index in [0.29, 0.717) is 5.92 Å². The molecule has 20 heavy (non-hydrogen) atoms. The van der Waals surface area contributed by atoms with Crippen LogP contribution >= 0.6 is 43.2 Å². The van der Waals surface area contributed by atoms with Gasteiger partial charge in [0.15, 0.2) is 0 Å². The van der Waals surface area contributed by atoms with Gasteiger partial charge in [-0.1, -0.05) is 6.92 Å². The van der Waals surface area contributed by atoms with Gasteiger partial charge < -0.3 is 10.2 Å². The van der Waals surface area contributed by atoms with Gasteiger partial charge in [0, 0.05) is 17.6 Å². The van der Waals surface area contributed by atoms with Crippen LogP contribution < -0.4 is 5.32 Å². The van der Waals surface area contributed by atoms with Crippen molar-refractivity contribution in [3.8, 4) is 0 Å². The summed E-state index contributed by atoms with van der Waals surface area (Å²) in [6.45, 7) is 6.02. The van der Waals surface area contributed by atoms with Gasteiger partial charge in [0.2, 0.25) is 0 Å². The first kappa shape index (κ1) is 16.5. The second-order valence-electron chi connectivity index (χ2n) is 5.18. The molecule has 0 radical (unpaired) electrons. The lowest BCUT2D eigenvalue weighted by atomic mass is 9.97. The maximum absolute atomic E-state index is 12.7. The van der Waals surface area contributed by atoms with Crippen molar-refractivity contribution in [1.29, 1.82) is 0 Å². The van der Waals surface area contributed by atoms with Crippen molar-refractivity contribution in [3.63, 3.8) is 0 Å². The highest BCUT2D eigenvalue weighted by Gasteiger charge is 2.23. The Kier molecular flexibility index (Phi) is 6.52. The first-order valence-corrected chi connectivity index (χ1v) is 9.47. The van der Waals surface area contributed by atoms with Crippen molar-refractivity contribution in [3.05, 3.63) is 19.2 Å². The SMILES string of the molecule is CCCN(CC1CCNCC1)C(=O)c1cc(Br)c(Br)s1. The van der Waals surface area contributed by atoms with E-state index in [-0.39, 0.29) is 5.91 Å². The summed E-state index contributed by atoms with van der Waals surface area (Å²) in [7, 11) is 0. The van der Waals surface area contributed by atoms with E-state index in [1.54, 1.807) is 0 Å². The maximum atomic E-state index is 12.7. The zero-order valence-corrected chi connectivity index (χ0v) is 15.6. The van der Waals surface area contributed by atoms with E-state index in [1.807, 2.05) is 11.0 Å². The molecule has 0 atom stereocenters. The highest BCUT2D eigenvalue weighted by molar-refractivity contribution is 9.13. The topological polar surface area (TPSA) is 32.3 Å². The third-order valence-electron chi connectivity index (χ3n) is 3.57. The normalized spacial score (nSPS) is 16.4. The second kappa shape index (κ2) is 7.92. The second-order valence-corrected chi connectivity index (χ2v) is 8.40. The van der Waals surface area contributed by atoms with E-state index in [2.05, 4.69) is 44.1 Å². The Morgan fingerprint density at radius 2 is 2.15 bits per heavy atom. The Morgan fingerprint density at radius 1 is 1.45 bits per heavy atom. The molecule has 1 amide bonds. The van der Waals surface area contributed by atoms with E-state index < -0.39 is 0 Å². The minimum Gasteiger partial charge on any atom is -0.338 e. The molecule has 2 rings (SSSR count). The molecule has 0 unspecified atom stereocenters. The summed E-state index contributed by atoms with van der Waals surface area (Å²) < 4.78 is 1.95. The Morgan fingerprint density at radius 3 is 2.70 bits per heavy atom. The average Bonchev–Trinajstić information content (AvgIpc) is 2.78. The molecule has 1 aromatic rings. The van der Waals surface area contributed by atoms with Gasteiger partial charge in [-0.3, -0.25) is 4.79 Å². The molecule has 6 heteroatoms. The number of nitrogens with zero attached hydrogens (tertiary/aromatic N) is 1. The first-order valence-electron chi connectivity index (χ1n) is 7.06. The number of hydrogen-bond acceptors (Lipinski definition) is 3. The summed E-state index contributed by atoms with van der Waals surface area (Å²) in [5, 5.41) is 3.38. The molecule has 1 fully saturated rings. The van der Waals surface area contributed by atoms with E-state index in [0.717, 1.165) is 45.7 Å². The van der Waals surface area contributed by atoms with Crippen LogP contribution in [0.1, 0.15) is 35.9 Å². The zero-order valence-electron chi connectivity index (χ0n) is 11.6. The summed E-state index contributed by atoms with van der Waals surface area (Å²) in [5.41, 5.74) is 0. The number of rotatable bonds is 5. The van der Waals surface area contributed by atoms with Gasteiger partial charge in [0.1, 0.15) is 0 Å². The third kappa shape index (κ3) is 4.29. The van der Waals surface area contributed by atoms with Crippen LogP contribution in [0.2, 0.25) is 0 Å². The van der Waals surface area contributed by atoms with Gasteiger partial charge in [-0.05, 0) is 76.2 Å². The van der Waals surface area contributed by atoms with Crippen molar-refractivity contribution in [2.75, 3.05) is 26.2 Å². The smallest absolute Gasteiger partial charge is 0.264 e. The third-order valence-corrected chi connectivity index (χ3v) is 6.82. The number of piperidine rings is 1. The fourth-order valence-electron chi connectivity index (χ4n) is 2.53. The lowest BCUT2D eigenvalue weighted by Crippen LogP contribution is -2.39. The summed E-state index contributed by atoms with van der Waals surface area (Å²) in [5.74, 6) is 0.806. The molecule has 1 saturated heterocycles. The van der Waals surface area contributed by atoms with Gasteiger partial charge in [0.25, 0.3) is 5.91 Å². The zero-order chi connectivity index (χ0) is 14.5. The molecule has 0 aliphatic carbocycles. The predicted octanol–water partition coefficient (Wildman–Crippen LogP) is 4.12. The number of carbonyl (C=O) groups excluding carboxylic acids is 1. The van der Waals surface area contributed by atoms with Crippen LogP contribution in [-0.2, 0) is 0 Å². The molecule has 112 valence electrons. The number of hydrogen-bond donors (Lipinski definition) is 1. The van der Waals surface area contributed by atoms with Gasteiger partial charge in [0.05, 0.1) is 8.66 Å². The summed E-state index contributed by atoms with van der Waals surface area (Å²) >= 11 is 8.42. The monoisotopic (exact) mass is 422 g/mol. The van der Waals surface area contributed by atoms with Gasteiger partial charge in [-0.25, -0.2) is 0 Å². The van der Waals surface area contributed by atoms with Gasteiger partial charge >= 0.3 is 0 Å². The minimum atomic E-state index is 0.168. The predicted molar refractivity (Wildman–Crippen MR) is 91.5 cm³/mol. The Balaban J connectivity index is 2.04. The first-order chi connectivity index (χ1) is 9.61. The quantitative estimate of drug-likeness (QED) is 0.772. The molecule has 3 nitrogen and oxygen atoms in total. The fraction of sp³-hybridized carbons (Fsp3) is 0.643. The molecule has 0 aromatic carbocycles. The lowest BCUT2D eigenvalue weighted by molar-refractivity contribution is 0.0721. The molecular formula is C14H20Br2N2OS. The molecule has 1 N–H and O–H groups in total. The molecular weight excluding hydrogens is 404 g/mol. The molecule has 0 bridgehead atoms. The van der Waals surface area contributed by atoms with E-state index >= 15 is 0 Å². The van der Waals surface area contributed by atoms with Crippen LogP contribution in [0.3, 0.4) is 0 Å². The minimum absolute atomic E-state index is 0.168. The van der Waals surface area contributed by atoms with Crippen LogP contribution in [0, 0.1) is 5.92 Å². The lowest BCUT2D eigenvalue weighted by Gasteiger charge is -2.29. The van der Waals surface area contributed by atoms with Crippen molar-refractivity contribution >= 4 is 49.1 Å². The van der Waals surface area contributed by atoms with Gasteiger partial charge in [-0.2, -0.15) is 0 Å². The summed E-state index contributed by atoms with van der Waals surface area (Å²) in [6.07, 6.45) is 3.35. The van der Waals surface area contributed by atoms with E-state index in [9.17, 15) is 4.79 Å². The van der Waals surface area contributed by atoms with E-state index in [4.69, 9.17) is 0 Å². The van der Waals surface area contributed by atoms with Crippen molar-refractivity contribution in [1.82, 2.24) is 10.2 Å². The van der Waals surface area contributed by atoms with Crippen LogP contribution in [0.5, 0.6) is 0 Å². The Bertz CT molecular complexity index is 439. The number of nitrogens with one attached hydrogen (secondary N) is 1. The number of thiophene rings is 1. The van der Waals surface area contributed by atoms with Crippen LogP contribution in [0.15, 0.2) is 14.3 Å². The van der Waals surface area contributed by atoms with Crippen molar-refractivity contribution in [2.45, 2.75) is 26.2 Å². The molecule has 0 saturated carbocycles. The Hall–Kier alpha value is 0.0900. The van der Waals surface area contributed by atoms with Crippen molar-refractivity contribution in [2.24, 2.45) is 5.92 Å². The van der Waals surface area contributed by atoms with Crippen molar-refractivity contribution < 1.29 is 4.79 Å². The maximum Gasteiger partial charge on any atom is 0.264 e. The average molecular weight is 424 g/mol. The number of halogens is 2. The van der Waals surface area contributed by atoms with Crippen LogP contribution in [0.4, 0.5) is 0 Å². The molecule has 1 aliphatic rings. The molecule has 0 spiro atoms. The van der Waals surface area contributed by atoms with Gasteiger partial charge in [-0.15, -0.1) is 11.3 Å². The van der Waals surface area contributed by atoms with E-state index in [1.165, 1.54) is 24.2 Å². The summed E-state index contributed by atoms with van der Waals surface area (Å²) in [6, 6.07) is 1.92. The molecule has 1 aliphatic heterocycles. The highest BCUT2D eigenvalue weighted by atomic mass is 79.9. The largest absolute Gasteiger partial charge is 0.338 e.